The van der Waals surface area contributed by atoms with Crippen LogP contribution in [0.25, 0.3) is 22.6 Å². The summed E-state index contributed by atoms with van der Waals surface area (Å²) < 4.78 is 21.8. The molecule has 0 unspecified atom stereocenters. The van der Waals surface area contributed by atoms with Crippen LogP contribution >= 0.6 is 11.6 Å². The highest BCUT2D eigenvalue weighted by atomic mass is 35.5. The highest BCUT2D eigenvalue weighted by Crippen LogP contribution is 2.29. The number of hydrogen-bond donors (Lipinski definition) is 0. The molecule has 4 rings (SSSR count). The molecule has 2 heterocycles. The average Bonchev–Trinajstić information content (AvgIpc) is 3.14. The van der Waals surface area contributed by atoms with Crippen molar-refractivity contribution in [2.75, 3.05) is 0 Å². The van der Waals surface area contributed by atoms with E-state index in [1.807, 2.05) is 41.8 Å². The summed E-state index contributed by atoms with van der Waals surface area (Å²) in [4.78, 5) is 4.65. The van der Waals surface area contributed by atoms with Gasteiger partial charge in [-0.15, -0.1) is 0 Å². The maximum atomic E-state index is 14.1. The second-order valence-electron chi connectivity index (χ2n) is 5.66. The maximum Gasteiger partial charge on any atom is 0.177 e. The van der Waals surface area contributed by atoms with Crippen molar-refractivity contribution < 1.29 is 8.81 Å². The molecule has 4 aromatic rings. The van der Waals surface area contributed by atoms with Gasteiger partial charge < -0.3 is 8.98 Å². The third-order valence-corrected chi connectivity index (χ3v) is 4.19. The summed E-state index contributed by atoms with van der Waals surface area (Å²) in [6, 6.07) is 16.0. The Bertz CT molecular complexity index is 1030. The van der Waals surface area contributed by atoms with Crippen molar-refractivity contribution in [3.63, 3.8) is 0 Å². The molecule has 0 aliphatic rings. The van der Waals surface area contributed by atoms with Crippen LogP contribution in [0.3, 0.4) is 0 Å². The predicted molar refractivity (Wildman–Crippen MR) is 92.7 cm³/mol. The summed E-state index contributed by atoms with van der Waals surface area (Å²) >= 11 is 6.15. The first-order valence-electron chi connectivity index (χ1n) is 7.58. The number of nitrogens with zero attached hydrogens (tertiary/aromatic N) is 2. The lowest BCUT2D eigenvalue weighted by Crippen LogP contribution is -2.03. The monoisotopic (exact) mass is 340 g/mol. The number of furan rings is 1. The van der Waals surface area contributed by atoms with E-state index in [-0.39, 0.29) is 5.82 Å². The second kappa shape index (κ2) is 5.80. The van der Waals surface area contributed by atoms with Gasteiger partial charge in [0.1, 0.15) is 11.6 Å². The maximum absolute atomic E-state index is 14.1. The van der Waals surface area contributed by atoms with Gasteiger partial charge in [0.25, 0.3) is 0 Å². The molecule has 0 bridgehead atoms. The van der Waals surface area contributed by atoms with Gasteiger partial charge in [0.15, 0.2) is 11.6 Å². The van der Waals surface area contributed by atoms with Crippen LogP contribution in [0.2, 0.25) is 5.02 Å². The second-order valence-corrected chi connectivity index (χ2v) is 6.09. The minimum Gasteiger partial charge on any atom is -0.458 e. The van der Waals surface area contributed by atoms with Gasteiger partial charge in [-0.3, -0.25) is 0 Å². The SMILES string of the molecule is Cc1ccc(-c2nc3ccc(Cl)cc3n2Cc2ccccc2F)o1. The molecule has 0 atom stereocenters. The van der Waals surface area contributed by atoms with Crippen LogP contribution in [0.1, 0.15) is 11.3 Å². The normalized spacial score (nSPS) is 11.3. The zero-order valence-electron chi connectivity index (χ0n) is 13.0. The van der Waals surface area contributed by atoms with E-state index in [2.05, 4.69) is 4.98 Å². The molecular weight excluding hydrogens is 327 g/mol. The van der Waals surface area contributed by atoms with Gasteiger partial charge in [-0.05, 0) is 43.3 Å². The van der Waals surface area contributed by atoms with Gasteiger partial charge in [-0.1, -0.05) is 29.8 Å². The highest BCUT2D eigenvalue weighted by Gasteiger charge is 2.17. The van der Waals surface area contributed by atoms with Crippen LogP contribution < -0.4 is 0 Å². The molecule has 0 fully saturated rings. The number of hydrogen-bond acceptors (Lipinski definition) is 2. The lowest BCUT2D eigenvalue weighted by atomic mass is 10.2. The van der Waals surface area contributed by atoms with Crippen LogP contribution in [0.5, 0.6) is 0 Å². The van der Waals surface area contributed by atoms with Gasteiger partial charge in [0, 0.05) is 10.6 Å². The Kier molecular flexibility index (Phi) is 3.62. The number of imidazole rings is 1. The zero-order chi connectivity index (χ0) is 16.7. The molecule has 0 spiro atoms. The molecule has 2 aromatic carbocycles. The van der Waals surface area contributed by atoms with Gasteiger partial charge >= 0.3 is 0 Å². The number of aromatic nitrogens is 2. The lowest BCUT2D eigenvalue weighted by Gasteiger charge is -2.09. The summed E-state index contributed by atoms with van der Waals surface area (Å²) in [5, 5.41) is 0.611. The Morgan fingerprint density at radius 2 is 1.96 bits per heavy atom. The Morgan fingerprint density at radius 1 is 1.12 bits per heavy atom. The third-order valence-electron chi connectivity index (χ3n) is 3.96. The van der Waals surface area contributed by atoms with Crippen molar-refractivity contribution in [2.45, 2.75) is 13.5 Å². The van der Waals surface area contributed by atoms with E-state index in [4.69, 9.17) is 16.0 Å². The fourth-order valence-electron chi connectivity index (χ4n) is 2.80. The summed E-state index contributed by atoms with van der Waals surface area (Å²) in [5.74, 6) is 1.86. The van der Waals surface area contributed by atoms with E-state index in [0.29, 0.717) is 28.7 Å². The van der Waals surface area contributed by atoms with E-state index < -0.39 is 0 Å². The minimum atomic E-state index is -0.247. The highest BCUT2D eigenvalue weighted by molar-refractivity contribution is 6.31. The molecule has 0 saturated carbocycles. The summed E-state index contributed by atoms with van der Waals surface area (Å²) in [5.41, 5.74) is 2.22. The van der Waals surface area contributed by atoms with Crippen molar-refractivity contribution in [1.82, 2.24) is 9.55 Å². The van der Waals surface area contributed by atoms with E-state index in [9.17, 15) is 4.39 Å². The molecule has 0 aliphatic heterocycles. The molecule has 2 aromatic heterocycles. The predicted octanol–water partition coefficient (Wildman–Crippen LogP) is 5.45. The molecule has 5 heteroatoms. The zero-order valence-corrected chi connectivity index (χ0v) is 13.7. The number of benzene rings is 2. The molecule has 3 nitrogen and oxygen atoms in total. The molecule has 0 amide bonds. The molecular formula is C19H14ClFN2O. The van der Waals surface area contributed by atoms with Crippen LogP contribution in [-0.2, 0) is 6.54 Å². The van der Waals surface area contributed by atoms with Gasteiger partial charge in [0.05, 0.1) is 17.6 Å². The molecule has 120 valence electrons. The Hall–Kier alpha value is -2.59. The van der Waals surface area contributed by atoms with Crippen molar-refractivity contribution in [3.05, 3.63) is 76.8 Å². The first-order chi connectivity index (χ1) is 11.6. The Labute approximate surface area is 143 Å². The molecule has 0 N–H and O–H groups in total. The number of rotatable bonds is 3. The number of fused-ring (bicyclic) bond motifs is 1. The largest absolute Gasteiger partial charge is 0.458 e. The van der Waals surface area contributed by atoms with Crippen LogP contribution in [0.4, 0.5) is 4.39 Å². The molecule has 24 heavy (non-hydrogen) atoms. The molecule has 0 radical (unpaired) electrons. The van der Waals surface area contributed by atoms with Crippen LogP contribution in [0.15, 0.2) is 59.0 Å². The van der Waals surface area contributed by atoms with Crippen molar-refractivity contribution in [3.8, 4) is 11.6 Å². The number of halogens is 2. The van der Waals surface area contributed by atoms with Crippen LogP contribution in [-0.4, -0.2) is 9.55 Å². The van der Waals surface area contributed by atoms with E-state index in [1.54, 1.807) is 18.2 Å². The number of aryl methyl sites for hydroxylation is 1. The first-order valence-corrected chi connectivity index (χ1v) is 7.95. The summed E-state index contributed by atoms with van der Waals surface area (Å²) in [6.07, 6.45) is 0. The van der Waals surface area contributed by atoms with Gasteiger partial charge in [0.2, 0.25) is 0 Å². The first kappa shape index (κ1) is 15.0. The Balaban J connectivity index is 1.93. The van der Waals surface area contributed by atoms with E-state index in [1.165, 1.54) is 6.07 Å². The fourth-order valence-corrected chi connectivity index (χ4v) is 2.96. The van der Waals surface area contributed by atoms with Crippen molar-refractivity contribution >= 4 is 22.6 Å². The topological polar surface area (TPSA) is 31.0 Å². The quantitative estimate of drug-likeness (QED) is 0.497. The smallest absolute Gasteiger partial charge is 0.177 e. The third kappa shape index (κ3) is 2.59. The molecule has 0 aliphatic carbocycles. The van der Waals surface area contributed by atoms with E-state index in [0.717, 1.165) is 16.8 Å². The molecule has 0 saturated heterocycles. The minimum absolute atomic E-state index is 0.247. The van der Waals surface area contributed by atoms with E-state index >= 15 is 0 Å². The van der Waals surface area contributed by atoms with Crippen molar-refractivity contribution in [1.29, 1.82) is 0 Å². The summed E-state index contributed by atoms with van der Waals surface area (Å²) in [6.45, 7) is 2.23. The van der Waals surface area contributed by atoms with Crippen LogP contribution in [0, 0.1) is 12.7 Å². The van der Waals surface area contributed by atoms with Gasteiger partial charge in [-0.25, -0.2) is 9.37 Å². The van der Waals surface area contributed by atoms with Crippen molar-refractivity contribution in [2.24, 2.45) is 0 Å². The standard InChI is InChI=1S/C19H14ClFN2O/c1-12-6-9-18(24-12)19-22-16-8-7-14(20)10-17(16)23(19)11-13-4-2-3-5-15(13)21/h2-10H,11H2,1H3. The Morgan fingerprint density at radius 3 is 2.71 bits per heavy atom. The average molecular weight is 341 g/mol. The van der Waals surface area contributed by atoms with Gasteiger partial charge in [-0.2, -0.15) is 0 Å². The fraction of sp³-hybridized carbons (Fsp3) is 0.105. The lowest BCUT2D eigenvalue weighted by molar-refractivity contribution is 0.539. The summed E-state index contributed by atoms with van der Waals surface area (Å²) in [7, 11) is 0.